The second-order valence-corrected chi connectivity index (χ2v) is 6.32. The number of halogens is 4. The average molecular weight is 421 g/mol. The fraction of sp³-hybridized carbons (Fsp3) is 0.158. The van der Waals surface area contributed by atoms with Crippen molar-refractivity contribution >= 4 is 11.6 Å². The zero-order valence-corrected chi connectivity index (χ0v) is 15.4. The minimum atomic E-state index is -4.70. The summed E-state index contributed by atoms with van der Waals surface area (Å²) in [6.45, 7) is 1.41. The molecule has 0 aliphatic heterocycles. The second kappa shape index (κ2) is 7.93. The lowest BCUT2D eigenvalue weighted by molar-refractivity contribution is -0.141. The summed E-state index contributed by atoms with van der Waals surface area (Å²) in [6.07, 6.45) is -4.70. The molecule has 0 bridgehead atoms. The van der Waals surface area contributed by atoms with Crippen molar-refractivity contribution in [2.45, 2.75) is 19.1 Å². The predicted octanol–water partition coefficient (Wildman–Crippen LogP) is 2.86. The summed E-state index contributed by atoms with van der Waals surface area (Å²) >= 11 is 0. The maximum absolute atomic E-state index is 14.0. The van der Waals surface area contributed by atoms with Gasteiger partial charge in [0.05, 0.1) is 11.7 Å². The summed E-state index contributed by atoms with van der Waals surface area (Å²) in [5.41, 5.74) is 2.97. The molecule has 1 aromatic carbocycles. The maximum atomic E-state index is 14.0. The molecule has 0 saturated carbocycles. The maximum Gasteiger partial charge on any atom is 0.433 e. The highest BCUT2D eigenvalue weighted by molar-refractivity contribution is 5.92. The van der Waals surface area contributed by atoms with Crippen LogP contribution in [0.25, 0.3) is 5.69 Å². The van der Waals surface area contributed by atoms with Crippen LogP contribution in [0.5, 0.6) is 0 Å². The third kappa shape index (κ3) is 4.45. The van der Waals surface area contributed by atoms with Crippen LogP contribution in [-0.2, 0) is 6.18 Å². The van der Waals surface area contributed by atoms with Crippen molar-refractivity contribution in [1.29, 1.82) is 0 Å². The Kier molecular flexibility index (Phi) is 5.54. The van der Waals surface area contributed by atoms with Crippen LogP contribution in [0, 0.1) is 5.82 Å². The molecule has 0 saturated heterocycles. The van der Waals surface area contributed by atoms with Crippen LogP contribution in [0.4, 0.5) is 23.2 Å². The number of nitrogen functional groups attached to an aromatic ring is 1. The summed E-state index contributed by atoms with van der Waals surface area (Å²) < 4.78 is 53.5. The summed E-state index contributed by atoms with van der Waals surface area (Å²) in [4.78, 5) is 28.0. The van der Waals surface area contributed by atoms with Gasteiger partial charge in [0.1, 0.15) is 22.9 Å². The molecule has 11 heteroatoms. The van der Waals surface area contributed by atoms with Gasteiger partial charge in [0.25, 0.3) is 11.5 Å². The third-order valence-electron chi connectivity index (χ3n) is 4.06. The van der Waals surface area contributed by atoms with Crippen LogP contribution >= 0.6 is 0 Å². The molecular weight excluding hydrogens is 406 g/mol. The molecule has 0 radical (unpaired) electrons. The smallest absolute Gasteiger partial charge is 0.399 e. The molecule has 0 aliphatic rings. The van der Waals surface area contributed by atoms with Gasteiger partial charge in [0.2, 0.25) is 0 Å². The molecule has 156 valence electrons. The molecule has 30 heavy (non-hydrogen) atoms. The number of nitrogens with zero attached hydrogens (tertiary/aromatic N) is 3. The zero-order chi connectivity index (χ0) is 22.1. The Bertz CT molecular complexity index is 1160. The van der Waals surface area contributed by atoms with E-state index in [4.69, 9.17) is 5.73 Å². The van der Waals surface area contributed by atoms with E-state index in [2.05, 4.69) is 15.4 Å². The van der Waals surface area contributed by atoms with E-state index < -0.39 is 35.2 Å². The van der Waals surface area contributed by atoms with Crippen LogP contribution in [0.2, 0.25) is 0 Å². The number of hydrogen-bond acceptors (Lipinski definition) is 5. The summed E-state index contributed by atoms with van der Waals surface area (Å²) in [7, 11) is 0. The van der Waals surface area contributed by atoms with Gasteiger partial charge in [0, 0.05) is 11.8 Å². The normalized spacial score (nSPS) is 12.4. The van der Waals surface area contributed by atoms with Gasteiger partial charge in [-0.15, -0.1) is 0 Å². The van der Waals surface area contributed by atoms with Crippen LogP contribution in [0.15, 0.2) is 53.3 Å². The van der Waals surface area contributed by atoms with E-state index in [1.165, 1.54) is 31.2 Å². The highest BCUT2D eigenvalue weighted by Crippen LogP contribution is 2.30. The highest BCUT2D eigenvalue weighted by atomic mass is 19.4. The molecule has 3 N–H and O–H groups in total. The number of hydrogen-bond donors (Lipinski definition) is 2. The average Bonchev–Trinajstić information content (AvgIpc) is 2.67. The standard InChI is InChI=1S/C19H15F4N5O2/c1-10(14-8-11(24)9-16(26-14)19(21,22)23)25-18(30)13-6-7-17(29)28(27-13)15-5-3-2-4-12(15)20/h2-10H,1H3,(H2,24,26)(H,25,30)/t10-/m1/s1. The number of amides is 1. The van der Waals surface area contributed by atoms with E-state index in [1.54, 1.807) is 0 Å². The van der Waals surface area contributed by atoms with Crippen molar-refractivity contribution < 1.29 is 22.4 Å². The zero-order valence-electron chi connectivity index (χ0n) is 15.4. The van der Waals surface area contributed by atoms with Gasteiger partial charge in [-0.1, -0.05) is 12.1 Å². The molecule has 0 spiro atoms. The fourth-order valence-electron chi connectivity index (χ4n) is 2.61. The first-order valence-electron chi connectivity index (χ1n) is 8.57. The molecule has 7 nitrogen and oxygen atoms in total. The number of para-hydroxylation sites is 1. The van der Waals surface area contributed by atoms with Gasteiger partial charge in [-0.25, -0.2) is 9.37 Å². The summed E-state index contributed by atoms with van der Waals surface area (Å²) in [5.74, 6) is -1.52. The second-order valence-electron chi connectivity index (χ2n) is 6.32. The molecular formula is C19H15F4N5O2. The van der Waals surface area contributed by atoms with Crippen molar-refractivity contribution in [2.24, 2.45) is 0 Å². The number of carbonyl (C=O) groups is 1. The molecule has 0 unspecified atom stereocenters. The minimum absolute atomic E-state index is 0.113. The Morgan fingerprint density at radius 2 is 1.87 bits per heavy atom. The summed E-state index contributed by atoms with van der Waals surface area (Å²) in [5, 5.41) is 6.29. The Labute approximate surface area is 167 Å². The molecule has 0 fully saturated rings. The van der Waals surface area contributed by atoms with Gasteiger partial charge in [-0.3, -0.25) is 9.59 Å². The number of carbonyl (C=O) groups excluding carboxylic acids is 1. The number of benzene rings is 1. The van der Waals surface area contributed by atoms with Crippen LogP contribution in [0.3, 0.4) is 0 Å². The van der Waals surface area contributed by atoms with Crippen LogP contribution < -0.4 is 16.6 Å². The van der Waals surface area contributed by atoms with E-state index in [9.17, 15) is 27.2 Å². The third-order valence-corrected chi connectivity index (χ3v) is 4.06. The number of rotatable bonds is 4. The quantitative estimate of drug-likeness (QED) is 0.631. The monoisotopic (exact) mass is 421 g/mol. The Balaban J connectivity index is 1.88. The van der Waals surface area contributed by atoms with E-state index >= 15 is 0 Å². The first-order chi connectivity index (χ1) is 14.1. The topological polar surface area (TPSA) is 103 Å². The lowest BCUT2D eigenvalue weighted by Crippen LogP contribution is -2.31. The largest absolute Gasteiger partial charge is 0.433 e. The van der Waals surface area contributed by atoms with Gasteiger partial charge in [-0.2, -0.15) is 23.0 Å². The number of aromatic nitrogens is 3. The van der Waals surface area contributed by atoms with Crippen LogP contribution in [-0.4, -0.2) is 20.7 Å². The van der Waals surface area contributed by atoms with Crippen molar-refractivity contribution in [3.8, 4) is 5.69 Å². The lowest BCUT2D eigenvalue weighted by atomic mass is 10.1. The van der Waals surface area contributed by atoms with Gasteiger partial charge in [0.15, 0.2) is 0 Å². The van der Waals surface area contributed by atoms with Crippen molar-refractivity contribution in [1.82, 2.24) is 20.1 Å². The van der Waals surface area contributed by atoms with Crippen molar-refractivity contribution in [3.05, 3.63) is 81.8 Å². The number of pyridine rings is 1. The lowest BCUT2D eigenvalue weighted by Gasteiger charge is -2.16. The van der Waals surface area contributed by atoms with E-state index in [0.29, 0.717) is 6.07 Å². The number of anilines is 1. The Morgan fingerprint density at radius 3 is 2.53 bits per heavy atom. The van der Waals surface area contributed by atoms with Gasteiger partial charge >= 0.3 is 6.18 Å². The summed E-state index contributed by atoms with van der Waals surface area (Å²) in [6, 6.07) is 8.43. The number of nitrogens with one attached hydrogen (secondary N) is 1. The molecule has 3 aromatic rings. The molecule has 3 rings (SSSR count). The Hall–Kier alpha value is -3.76. The first kappa shape index (κ1) is 21.0. The minimum Gasteiger partial charge on any atom is -0.399 e. The predicted molar refractivity (Wildman–Crippen MR) is 99.3 cm³/mol. The SMILES string of the molecule is C[C@@H](NC(=O)c1ccc(=O)n(-c2ccccc2F)n1)c1cc(N)cc(C(F)(F)F)n1. The van der Waals surface area contributed by atoms with E-state index in [0.717, 1.165) is 22.9 Å². The molecule has 1 amide bonds. The van der Waals surface area contributed by atoms with Crippen molar-refractivity contribution in [2.75, 3.05) is 5.73 Å². The van der Waals surface area contributed by atoms with Gasteiger partial charge in [-0.05, 0) is 37.3 Å². The molecule has 1 atom stereocenters. The molecule has 2 aromatic heterocycles. The number of nitrogens with two attached hydrogens (primary N) is 1. The van der Waals surface area contributed by atoms with Crippen LogP contribution in [0.1, 0.15) is 34.8 Å². The molecule has 2 heterocycles. The van der Waals surface area contributed by atoms with Gasteiger partial charge < -0.3 is 11.1 Å². The first-order valence-corrected chi connectivity index (χ1v) is 8.57. The van der Waals surface area contributed by atoms with E-state index in [-0.39, 0.29) is 22.8 Å². The highest BCUT2D eigenvalue weighted by Gasteiger charge is 2.33. The molecule has 0 aliphatic carbocycles. The number of alkyl halides is 3. The fourth-order valence-corrected chi connectivity index (χ4v) is 2.61. The van der Waals surface area contributed by atoms with Crippen molar-refractivity contribution in [3.63, 3.8) is 0 Å². The Morgan fingerprint density at radius 1 is 1.17 bits per heavy atom. The van der Waals surface area contributed by atoms with E-state index in [1.807, 2.05) is 0 Å².